The molecule has 2 N–H and O–H groups in total. The molecule has 1 saturated carbocycles. The summed E-state index contributed by atoms with van der Waals surface area (Å²) in [5.41, 5.74) is 5.63. The minimum absolute atomic E-state index is 0. The van der Waals surface area contributed by atoms with Gasteiger partial charge in [-0.05, 0) is 24.7 Å². The molecule has 0 radical (unpaired) electrons. The molecule has 1 aliphatic carbocycles. The first kappa shape index (κ1) is 11.7. The Morgan fingerprint density at radius 3 is 2.25 bits per heavy atom. The zero-order chi connectivity index (χ0) is 8.27. The monoisotopic (exact) mass is 188 g/mol. The molecular weight excluding hydrogens is 172 g/mol. The predicted molar refractivity (Wildman–Crippen MR) is 52.0 cm³/mol. The average molecular weight is 189 g/mol. The van der Waals surface area contributed by atoms with E-state index in [-0.39, 0.29) is 18.4 Å². The van der Waals surface area contributed by atoms with Crippen LogP contribution in [0.5, 0.6) is 0 Å². The van der Waals surface area contributed by atoms with Gasteiger partial charge in [0.05, 0.1) is 12.1 Å². The van der Waals surface area contributed by atoms with Gasteiger partial charge in [-0.15, -0.1) is 12.4 Å². The molecular formula is C9H17ClN2. The van der Waals surface area contributed by atoms with E-state index in [1.165, 1.54) is 12.8 Å². The molecule has 0 aliphatic heterocycles. The lowest BCUT2D eigenvalue weighted by Crippen LogP contribution is -2.31. The normalized spacial score (nSPS) is 31.4. The van der Waals surface area contributed by atoms with E-state index < -0.39 is 0 Å². The van der Waals surface area contributed by atoms with Crippen molar-refractivity contribution in [2.75, 3.05) is 0 Å². The maximum atomic E-state index is 8.58. The smallest absolute Gasteiger partial charge is 0.0956 e. The molecule has 0 heterocycles. The maximum absolute atomic E-state index is 8.58. The van der Waals surface area contributed by atoms with Gasteiger partial charge in [0.1, 0.15) is 0 Å². The minimum atomic E-state index is -0.220. The topological polar surface area (TPSA) is 49.8 Å². The van der Waals surface area contributed by atoms with Crippen LogP contribution in [0.2, 0.25) is 0 Å². The summed E-state index contributed by atoms with van der Waals surface area (Å²) >= 11 is 0. The van der Waals surface area contributed by atoms with Gasteiger partial charge in [-0.1, -0.05) is 19.8 Å². The Balaban J connectivity index is 0.00000121. The van der Waals surface area contributed by atoms with Crippen LogP contribution in [0.4, 0.5) is 0 Å². The first-order valence-electron chi connectivity index (χ1n) is 4.39. The number of halogens is 1. The number of rotatable bonds is 1. The van der Waals surface area contributed by atoms with E-state index in [4.69, 9.17) is 11.0 Å². The van der Waals surface area contributed by atoms with Gasteiger partial charge in [0.25, 0.3) is 0 Å². The van der Waals surface area contributed by atoms with Crippen LogP contribution < -0.4 is 5.73 Å². The van der Waals surface area contributed by atoms with Crippen LogP contribution in [0.1, 0.15) is 32.6 Å². The van der Waals surface area contributed by atoms with Gasteiger partial charge in [0.2, 0.25) is 0 Å². The molecule has 0 aromatic heterocycles. The maximum Gasteiger partial charge on any atom is 0.0956 e. The van der Waals surface area contributed by atoms with Crippen molar-refractivity contribution in [1.82, 2.24) is 0 Å². The molecule has 1 rings (SSSR count). The summed E-state index contributed by atoms with van der Waals surface area (Å²) in [5, 5.41) is 8.58. The van der Waals surface area contributed by atoms with Gasteiger partial charge in [0.15, 0.2) is 0 Å². The highest BCUT2D eigenvalue weighted by Gasteiger charge is 2.22. The van der Waals surface area contributed by atoms with Crippen molar-refractivity contribution in [3.63, 3.8) is 0 Å². The van der Waals surface area contributed by atoms with E-state index in [1.807, 2.05) is 0 Å². The third-order valence-electron chi connectivity index (χ3n) is 2.72. The number of hydrogen-bond acceptors (Lipinski definition) is 2. The Bertz CT molecular complexity index is 156. The number of nitrogens with two attached hydrogens (primary N) is 1. The van der Waals surface area contributed by atoms with Crippen molar-refractivity contribution in [1.29, 1.82) is 5.26 Å². The summed E-state index contributed by atoms with van der Waals surface area (Å²) in [5.74, 6) is 1.31. The van der Waals surface area contributed by atoms with Crippen LogP contribution in [-0.4, -0.2) is 6.04 Å². The van der Waals surface area contributed by atoms with Gasteiger partial charge >= 0.3 is 0 Å². The van der Waals surface area contributed by atoms with E-state index >= 15 is 0 Å². The van der Waals surface area contributed by atoms with E-state index in [1.54, 1.807) is 0 Å². The van der Waals surface area contributed by atoms with E-state index in [0.717, 1.165) is 18.8 Å². The fraction of sp³-hybridized carbons (Fsp3) is 0.889. The Labute approximate surface area is 80.5 Å². The predicted octanol–water partition coefficient (Wildman–Crippen LogP) is 2.09. The fourth-order valence-corrected chi connectivity index (χ4v) is 1.75. The highest BCUT2D eigenvalue weighted by atomic mass is 35.5. The lowest BCUT2D eigenvalue weighted by molar-refractivity contribution is 0.275. The van der Waals surface area contributed by atoms with E-state index in [9.17, 15) is 0 Å². The second kappa shape index (κ2) is 5.40. The van der Waals surface area contributed by atoms with Crippen molar-refractivity contribution < 1.29 is 0 Å². The molecule has 0 saturated heterocycles. The molecule has 0 amide bonds. The van der Waals surface area contributed by atoms with E-state index in [0.29, 0.717) is 5.92 Å². The second-order valence-electron chi connectivity index (χ2n) is 3.67. The SMILES string of the molecule is C[C@H]1CC[C@H](C(N)C#N)CC1.Cl. The van der Waals surface area contributed by atoms with Crippen molar-refractivity contribution in [2.45, 2.75) is 38.6 Å². The van der Waals surface area contributed by atoms with Gasteiger partial charge in [-0.2, -0.15) is 5.26 Å². The van der Waals surface area contributed by atoms with Crippen LogP contribution in [-0.2, 0) is 0 Å². The molecule has 12 heavy (non-hydrogen) atoms. The Kier molecular flexibility index (Phi) is 5.28. The lowest BCUT2D eigenvalue weighted by Gasteiger charge is -2.27. The van der Waals surface area contributed by atoms with Crippen LogP contribution in [0.3, 0.4) is 0 Å². The van der Waals surface area contributed by atoms with Gasteiger partial charge in [-0.25, -0.2) is 0 Å². The molecule has 70 valence electrons. The Morgan fingerprint density at radius 1 is 1.33 bits per heavy atom. The molecule has 3 heteroatoms. The molecule has 1 unspecified atom stereocenters. The second-order valence-corrected chi connectivity index (χ2v) is 3.67. The van der Waals surface area contributed by atoms with Gasteiger partial charge in [-0.3, -0.25) is 0 Å². The highest BCUT2D eigenvalue weighted by Crippen LogP contribution is 2.29. The molecule has 1 fully saturated rings. The number of hydrogen-bond donors (Lipinski definition) is 1. The van der Waals surface area contributed by atoms with Crippen LogP contribution >= 0.6 is 12.4 Å². The first-order valence-corrected chi connectivity index (χ1v) is 4.39. The average Bonchev–Trinajstić information content (AvgIpc) is 2.05. The number of nitriles is 1. The van der Waals surface area contributed by atoms with Crippen molar-refractivity contribution in [3.8, 4) is 6.07 Å². The van der Waals surface area contributed by atoms with Crippen molar-refractivity contribution in [2.24, 2.45) is 17.6 Å². The van der Waals surface area contributed by atoms with Crippen molar-refractivity contribution in [3.05, 3.63) is 0 Å². The summed E-state index contributed by atoms with van der Waals surface area (Å²) in [7, 11) is 0. The van der Waals surface area contributed by atoms with Crippen LogP contribution in [0, 0.1) is 23.2 Å². The minimum Gasteiger partial charge on any atom is -0.316 e. The quantitative estimate of drug-likeness (QED) is 0.685. The molecule has 0 aromatic carbocycles. The molecule has 0 aromatic rings. The third kappa shape index (κ3) is 3.00. The third-order valence-corrected chi connectivity index (χ3v) is 2.72. The summed E-state index contributed by atoms with van der Waals surface area (Å²) in [6.45, 7) is 2.27. The molecule has 1 atom stereocenters. The zero-order valence-corrected chi connectivity index (χ0v) is 8.31. The summed E-state index contributed by atoms with van der Waals surface area (Å²) in [6, 6.07) is 1.91. The van der Waals surface area contributed by atoms with Gasteiger partial charge < -0.3 is 5.73 Å². The molecule has 0 spiro atoms. The first-order chi connectivity index (χ1) is 5.24. The lowest BCUT2D eigenvalue weighted by atomic mass is 9.80. The van der Waals surface area contributed by atoms with Crippen LogP contribution in [0.25, 0.3) is 0 Å². The molecule has 1 aliphatic rings. The highest BCUT2D eigenvalue weighted by molar-refractivity contribution is 5.85. The largest absolute Gasteiger partial charge is 0.316 e. The Hall–Kier alpha value is -0.260. The van der Waals surface area contributed by atoms with Gasteiger partial charge in [0, 0.05) is 0 Å². The summed E-state index contributed by atoms with van der Waals surface area (Å²) in [4.78, 5) is 0. The Morgan fingerprint density at radius 2 is 1.83 bits per heavy atom. The molecule has 0 bridgehead atoms. The van der Waals surface area contributed by atoms with Crippen molar-refractivity contribution >= 4 is 12.4 Å². The standard InChI is InChI=1S/C9H16N2.ClH/c1-7-2-4-8(5-3-7)9(11)6-10;/h7-9H,2-5,11H2,1H3;1H/t7-,8-,9?;. The zero-order valence-electron chi connectivity index (χ0n) is 7.49. The molecule has 2 nitrogen and oxygen atoms in total. The summed E-state index contributed by atoms with van der Waals surface area (Å²) < 4.78 is 0. The fourth-order valence-electron chi connectivity index (χ4n) is 1.75. The van der Waals surface area contributed by atoms with Crippen LogP contribution in [0.15, 0.2) is 0 Å². The summed E-state index contributed by atoms with van der Waals surface area (Å²) in [6.07, 6.45) is 4.80. The van der Waals surface area contributed by atoms with E-state index in [2.05, 4.69) is 13.0 Å². The number of nitrogens with zero attached hydrogens (tertiary/aromatic N) is 1.